The van der Waals surface area contributed by atoms with Crippen molar-refractivity contribution in [2.24, 2.45) is 0 Å². The van der Waals surface area contributed by atoms with Crippen LogP contribution >= 0.6 is 0 Å². The number of phenolic OH excluding ortho intramolecular Hbond substituents is 1. The number of hydrogen-bond acceptors (Lipinski definition) is 7. The van der Waals surface area contributed by atoms with Gasteiger partial charge in [0.2, 0.25) is 0 Å². The number of methoxy groups -OCH3 is 1. The smallest absolute Gasteiger partial charge is 0.306 e. The van der Waals surface area contributed by atoms with Gasteiger partial charge in [-0.3, -0.25) is 9.59 Å². The van der Waals surface area contributed by atoms with Crippen molar-refractivity contribution in [3.63, 3.8) is 0 Å². The lowest BCUT2D eigenvalue weighted by Crippen LogP contribution is -2.43. The van der Waals surface area contributed by atoms with E-state index in [0.717, 1.165) is 18.4 Å². The topological polar surface area (TPSA) is 110 Å². The fourth-order valence-corrected chi connectivity index (χ4v) is 5.03. The molecular formula is C20H29NO7S. The second kappa shape index (κ2) is 10.5. The zero-order valence-electron chi connectivity index (χ0n) is 16.9. The molecular weight excluding hydrogens is 398 g/mol. The summed E-state index contributed by atoms with van der Waals surface area (Å²) in [6.45, 7) is 2.05. The molecule has 1 aliphatic rings. The van der Waals surface area contributed by atoms with Crippen LogP contribution in [0, 0.1) is 0 Å². The Hall–Kier alpha value is -2.29. The molecule has 29 heavy (non-hydrogen) atoms. The van der Waals surface area contributed by atoms with Gasteiger partial charge in [-0.1, -0.05) is 19.4 Å². The Morgan fingerprint density at radius 2 is 2.07 bits per heavy atom. The van der Waals surface area contributed by atoms with Crippen molar-refractivity contribution < 1.29 is 32.6 Å². The van der Waals surface area contributed by atoms with E-state index < -0.39 is 22.4 Å². The van der Waals surface area contributed by atoms with E-state index in [-0.39, 0.29) is 35.6 Å². The van der Waals surface area contributed by atoms with Gasteiger partial charge in [-0.25, -0.2) is 8.42 Å². The molecule has 1 aliphatic heterocycles. The van der Waals surface area contributed by atoms with Crippen LogP contribution in [0.5, 0.6) is 11.5 Å². The van der Waals surface area contributed by atoms with Crippen molar-refractivity contribution in [3.05, 3.63) is 23.8 Å². The minimum Gasteiger partial charge on any atom is -0.504 e. The van der Waals surface area contributed by atoms with E-state index in [0.29, 0.717) is 25.1 Å². The minimum absolute atomic E-state index is 0.00775. The Morgan fingerprint density at radius 3 is 2.66 bits per heavy atom. The van der Waals surface area contributed by atoms with Gasteiger partial charge >= 0.3 is 5.97 Å². The van der Waals surface area contributed by atoms with Crippen LogP contribution in [0.2, 0.25) is 0 Å². The van der Waals surface area contributed by atoms with E-state index in [1.165, 1.54) is 13.2 Å². The predicted molar refractivity (Wildman–Crippen MR) is 108 cm³/mol. The molecule has 1 unspecified atom stereocenters. The highest BCUT2D eigenvalue weighted by Gasteiger charge is 2.34. The summed E-state index contributed by atoms with van der Waals surface area (Å²) in [6.07, 6.45) is 2.47. The molecule has 0 saturated carbocycles. The predicted octanol–water partition coefficient (Wildman–Crippen LogP) is 1.69. The van der Waals surface area contributed by atoms with Crippen LogP contribution < -0.4 is 4.74 Å². The van der Waals surface area contributed by atoms with Crippen molar-refractivity contribution in [2.75, 3.05) is 31.8 Å². The zero-order chi connectivity index (χ0) is 21.4. The second-order valence-electron chi connectivity index (χ2n) is 7.16. The van der Waals surface area contributed by atoms with E-state index in [9.17, 15) is 23.1 Å². The molecule has 0 aromatic heterocycles. The molecule has 1 aromatic rings. The van der Waals surface area contributed by atoms with Crippen LogP contribution in [-0.4, -0.2) is 68.1 Å². The van der Waals surface area contributed by atoms with Crippen LogP contribution in [0.3, 0.4) is 0 Å². The van der Waals surface area contributed by atoms with Crippen LogP contribution in [0.1, 0.15) is 38.2 Å². The van der Waals surface area contributed by atoms with Crippen molar-refractivity contribution in [1.29, 1.82) is 0 Å². The van der Waals surface area contributed by atoms with Gasteiger partial charge in [-0.05, 0) is 37.0 Å². The number of aryl methyl sites for hydroxylation is 1. The Labute approximate surface area is 171 Å². The van der Waals surface area contributed by atoms with Gasteiger partial charge in [-0.15, -0.1) is 0 Å². The quantitative estimate of drug-likeness (QED) is 0.566. The number of rotatable bonds is 10. The first-order valence-electron chi connectivity index (χ1n) is 9.77. The number of hydrogen-bond donors (Lipinski definition) is 1. The Morgan fingerprint density at radius 1 is 1.31 bits per heavy atom. The third-order valence-corrected chi connectivity index (χ3v) is 6.69. The monoisotopic (exact) mass is 427 g/mol. The maximum atomic E-state index is 12.5. The highest BCUT2D eigenvalue weighted by atomic mass is 32.2. The molecule has 1 N–H and O–H groups in total. The molecule has 0 spiro atoms. The summed E-state index contributed by atoms with van der Waals surface area (Å²) in [4.78, 5) is 26.1. The number of unbranched alkanes of at least 4 members (excludes halogenated alkanes) is 1. The second-order valence-corrected chi connectivity index (χ2v) is 9.39. The fraction of sp³-hybridized carbons (Fsp3) is 0.600. The fourth-order valence-electron chi connectivity index (χ4n) is 3.30. The highest BCUT2D eigenvalue weighted by Crippen LogP contribution is 2.26. The summed E-state index contributed by atoms with van der Waals surface area (Å²) in [5, 5.41) is 9.77. The molecule has 1 heterocycles. The molecule has 2 rings (SSSR count). The average molecular weight is 428 g/mol. The standard InChI is InChI=1S/C20H29NO7S/c1-3-4-10-21(16-9-11-29(25,26)14-16)19(23)13-28-20(24)8-6-15-5-7-18(27-2)17(22)12-15/h5,7,12,16,22H,3-4,6,8-11,13-14H2,1-2H3. The number of benzene rings is 1. The Kier molecular flexibility index (Phi) is 8.31. The number of amides is 1. The third kappa shape index (κ3) is 6.92. The minimum atomic E-state index is -3.11. The average Bonchev–Trinajstić information content (AvgIpc) is 3.04. The number of carbonyl (C=O) groups is 2. The summed E-state index contributed by atoms with van der Waals surface area (Å²) in [5.41, 5.74) is 0.743. The van der Waals surface area contributed by atoms with Crippen molar-refractivity contribution in [3.8, 4) is 11.5 Å². The molecule has 1 amide bonds. The highest BCUT2D eigenvalue weighted by molar-refractivity contribution is 7.91. The molecule has 0 bridgehead atoms. The number of aromatic hydroxyl groups is 1. The lowest BCUT2D eigenvalue weighted by atomic mass is 10.1. The normalized spacial score (nSPS) is 17.7. The Bertz CT molecular complexity index is 822. The van der Waals surface area contributed by atoms with Crippen molar-refractivity contribution >= 4 is 21.7 Å². The van der Waals surface area contributed by atoms with Gasteiger partial charge in [0.05, 0.1) is 18.6 Å². The number of phenols is 1. The van der Waals surface area contributed by atoms with Gasteiger partial charge in [0, 0.05) is 19.0 Å². The van der Waals surface area contributed by atoms with Gasteiger partial charge in [0.15, 0.2) is 27.9 Å². The molecule has 0 radical (unpaired) electrons. The number of sulfone groups is 1. The first kappa shape index (κ1) is 23.0. The van der Waals surface area contributed by atoms with Gasteiger partial charge in [-0.2, -0.15) is 0 Å². The first-order chi connectivity index (χ1) is 13.8. The van der Waals surface area contributed by atoms with Crippen LogP contribution in [0.25, 0.3) is 0 Å². The summed E-state index contributed by atoms with van der Waals surface area (Å²) in [6, 6.07) is 4.52. The molecule has 162 valence electrons. The summed E-state index contributed by atoms with van der Waals surface area (Å²) in [5.74, 6) is -0.492. The maximum absolute atomic E-state index is 12.5. The van der Waals surface area contributed by atoms with Crippen molar-refractivity contribution in [2.45, 2.75) is 45.1 Å². The van der Waals surface area contributed by atoms with E-state index in [1.54, 1.807) is 17.0 Å². The Balaban J connectivity index is 1.85. The number of nitrogens with zero attached hydrogens (tertiary/aromatic N) is 1. The van der Waals surface area contributed by atoms with E-state index >= 15 is 0 Å². The maximum Gasteiger partial charge on any atom is 0.306 e. The van der Waals surface area contributed by atoms with Crippen LogP contribution in [0.15, 0.2) is 18.2 Å². The molecule has 1 aromatic carbocycles. The SMILES string of the molecule is CCCCN(C(=O)COC(=O)CCc1ccc(OC)c(O)c1)C1CCS(=O)(=O)C1. The number of esters is 1. The number of ether oxygens (including phenoxy) is 2. The lowest BCUT2D eigenvalue weighted by Gasteiger charge is -2.28. The van der Waals surface area contributed by atoms with Gasteiger partial charge < -0.3 is 19.5 Å². The zero-order valence-corrected chi connectivity index (χ0v) is 17.7. The molecule has 9 heteroatoms. The number of carbonyl (C=O) groups excluding carboxylic acids is 2. The van der Waals surface area contributed by atoms with Gasteiger partial charge in [0.25, 0.3) is 5.91 Å². The van der Waals surface area contributed by atoms with Crippen molar-refractivity contribution in [1.82, 2.24) is 4.90 Å². The molecule has 1 atom stereocenters. The van der Waals surface area contributed by atoms with E-state index in [4.69, 9.17) is 9.47 Å². The first-order valence-corrected chi connectivity index (χ1v) is 11.6. The lowest BCUT2D eigenvalue weighted by molar-refractivity contribution is -0.152. The van der Waals surface area contributed by atoms with E-state index in [2.05, 4.69) is 0 Å². The largest absolute Gasteiger partial charge is 0.504 e. The van der Waals surface area contributed by atoms with E-state index in [1.807, 2.05) is 6.92 Å². The van der Waals surface area contributed by atoms with Crippen LogP contribution in [0.4, 0.5) is 0 Å². The summed E-state index contributed by atoms with van der Waals surface area (Å²) >= 11 is 0. The van der Waals surface area contributed by atoms with Crippen LogP contribution in [-0.2, 0) is 30.6 Å². The third-order valence-electron chi connectivity index (χ3n) is 4.94. The van der Waals surface area contributed by atoms with Gasteiger partial charge in [0.1, 0.15) is 0 Å². The summed E-state index contributed by atoms with van der Waals surface area (Å²) in [7, 11) is -1.66. The molecule has 0 aliphatic carbocycles. The molecule has 1 saturated heterocycles. The summed E-state index contributed by atoms with van der Waals surface area (Å²) < 4.78 is 33.6. The molecule has 8 nitrogen and oxygen atoms in total. The molecule has 1 fully saturated rings.